The van der Waals surface area contributed by atoms with Crippen LogP contribution >= 0.6 is 0 Å². The maximum Gasteiger partial charge on any atom is 0.228 e. The van der Waals surface area contributed by atoms with Crippen molar-refractivity contribution in [3.63, 3.8) is 0 Å². The average molecular weight is 243 g/mol. The number of para-hydroxylation sites is 1. The van der Waals surface area contributed by atoms with Gasteiger partial charge in [0.25, 0.3) is 0 Å². The first-order valence-corrected chi connectivity index (χ1v) is 6.44. The lowest BCUT2D eigenvalue weighted by Crippen LogP contribution is -2.04. The smallest absolute Gasteiger partial charge is 0.228 e. The summed E-state index contributed by atoms with van der Waals surface area (Å²) < 4.78 is 5.25. The van der Waals surface area contributed by atoms with Crippen LogP contribution in [0.15, 0.2) is 34.9 Å². The predicted octanol–water partition coefficient (Wildman–Crippen LogP) is 2.85. The Labute approximate surface area is 106 Å². The van der Waals surface area contributed by atoms with E-state index in [0.717, 1.165) is 36.3 Å². The van der Waals surface area contributed by atoms with E-state index in [1.807, 2.05) is 30.3 Å². The number of anilines is 1. The van der Waals surface area contributed by atoms with Crippen LogP contribution in [-0.4, -0.2) is 16.7 Å². The van der Waals surface area contributed by atoms with E-state index in [4.69, 9.17) is 4.52 Å². The Morgan fingerprint density at radius 1 is 1.33 bits per heavy atom. The third-order valence-electron chi connectivity index (χ3n) is 3.37. The van der Waals surface area contributed by atoms with Crippen LogP contribution < -0.4 is 5.32 Å². The molecule has 1 aromatic heterocycles. The van der Waals surface area contributed by atoms with E-state index in [2.05, 4.69) is 22.4 Å². The van der Waals surface area contributed by atoms with Crippen molar-refractivity contribution >= 4 is 5.69 Å². The van der Waals surface area contributed by atoms with Gasteiger partial charge in [0.15, 0.2) is 5.82 Å². The minimum Gasteiger partial charge on any atom is -0.385 e. The molecular formula is C14H17N3O. The fraction of sp³-hybridized carbons (Fsp3) is 0.429. The monoisotopic (exact) mass is 243 g/mol. The molecule has 94 valence electrons. The first-order valence-electron chi connectivity index (χ1n) is 6.44. The van der Waals surface area contributed by atoms with Gasteiger partial charge in [-0.1, -0.05) is 30.3 Å². The van der Waals surface area contributed by atoms with Crippen LogP contribution in [0.2, 0.25) is 0 Å². The van der Waals surface area contributed by atoms with Gasteiger partial charge in [-0.2, -0.15) is 4.98 Å². The molecule has 4 heteroatoms. The summed E-state index contributed by atoms with van der Waals surface area (Å²) in [6, 6.07) is 10.1. The minimum absolute atomic E-state index is 0.532. The quantitative estimate of drug-likeness (QED) is 0.877. The second-order valence-electron chi connectivity index (χ2n) is 4.91. The Kier molecular flexibility index (Phi) is 3.00. The van der Waals surface area contributed by atoms with Gasteiger partial charge in [-0.25, -0.2) is 0 Å². The number of nitrogens with one attached hydrogen (secondary N) is 1. The van der Waals surface area contributed by atoms with E-state index < -0.39 is 0 Å². The van der Waals surface area contributed by atoms with Crippen molar-refractivity contribution in [1.29, 1.82) is 0 Å². The minimum atomic E-state index is 0.532. The van der Waals surface area contributed by atoms with E-state index >= 15 is 0 Å². The molecule has 2 unspecified atom stereocenters. The Bertz CT molecular complexity index is 509. The summed E-state index contributed by atoms with van der Waals surface area (Å²) in [5.74, 6) is 2.87. The van der Waals surface area contributed by atoms with Crippen molar-refractivity contribution in [2.45, 2.75) is 25.7 Å². The highest BCUT2D eigenvalue weighted by Crippen LogP contribution is 2.45. The zero-order valence-electron chi connectivity index (χ0n) is 10.5. The average Bonchev–Trinajstić information content (AvgIpc) is 2.94. The summed E-state index contributed by atoms with van der Waals surface area (Å²) in [4.78, 5) is 4.44. The highest BCUT2D eigenvalue weighted by molar-refractivity contribution is 5.42. The molecule has 2 aromatic rings. The lowest BCUT2D eigenvalue weighted by Gasteiger charge is -2.02. The molecule has 1 aliphatic carbocycles. The molecule has 0 bridgehead atoms. The van der Waals surface area contributed by atoms with Gasteiger partial charge in [0.05, 0.1) is 0 Å². The number of hydrogen-bond donors (Lipinski definition) is 1. The zero-order chi connectivity index (χ0) is 12.4. The molecule has 0 amide bonds. The number of hydrogen-bond acceptors (Lipinski definition) is 4. The van der Waals surface area contributed by atoms with Gasteiger partial charge < -0.3 is 9.84 Å². The SMILES string of the molecule is CC1CC1c1noc(CCNc2ccccc2)n1. The molecule has 0 radical (unpaired) electrons. The fourth-order valence-corrected chi connectivity index (χ4v) is 2.07. The molecule has 4 nitrogen and oxygen atoms in total. The van der Waals surface area contributed by atoms with E-state index in [0.29, 0.717) is 5.92 Å². The number of aromatic nitrogens is 2. The Hall–Kier alpha value is -1.84. The van der Waals surface area contributed by atoms with Crippen molar-refractivity contribution in [1.82, 2.24) is 10.1 Å². The van der Waals surface area contributed by atoms with Crippen LogP contribution in [0.5, 0.6) is 0 Å². The van der Waals surface area contributed by atoms with Crippen molar-refractivity contribution in [3.05, 3.63) is 42.0 Å². The van der Waals surface area contributed by atoms with E-state index in [1.54, 1.807) is 0 Å². The first kappa shape index (κ1) is 11.3. The number of nitrogens with zero attached hydrogens (tertiary/aromatic N) is 2. The molecule has 1 aromatic carbocycles. The zero-order valence-corrected chi connectivity index (χ0v) is 10.5. The predicted molar refractivity (Wildman–Crippen MR) is 69.5 cm³/mol. The van der Waals surface area contributed by atoms with Crippen LogP contribution in [0.4, 0.5) is 5.69 Å². The number of benzene rings is 1. The molecule has 1 heterocycles. The molecular weight excluding hydrogens is 226 g/mol. The van der Waals surface area contributed by atoms with Crippen molar-refractivity contribution < 1.29 is 4.52 Å². The Morgan fingerprint density at radius 2 is 2.11 bits per heavy atom. The largest absolute Gasteiger partial charge is 0.385 e. The second kappa shape index (κ2) is 4.80. The normalized spacial score (nSPS) is 21.8. The molecule has 1 fully saturated rings. The van der Waals surface area contributed by atoms with Gasteiger partial charge >= 0.3 is 0 Å². The molecule has 0 saturated heterocycles. The van der Waals surface area contributed by atoms with Crippen LogP contribution in [0.1, 0.15) is 31.0 Å². The topological polar surface area (TPSA) is 51.0 Å². The highest BCUT2D eigenvalue weighted by Gasteiger charge is 2.37. The lowest BCUT2D eigenvalue weighted by molar-refractivity contribution is 0.375. The summed E-state index contributed by atoms with van der Waals surface area (Å²) in [5, 5.41) is 7.37. The standard InChI is InChI=1S/C14H17N3O/c1-10-9-12(10)14-16-13(18-17-14)7-8-15-11-5-3-2-4-6-11/h2-6,10,12,15H,7-9H2,1H3. The molecule has 3 rings (SSSR count). The van der Waals surface area contributed by atoms with Crippen LogP contribution in [-0.2, 0) is 6.42 Å². The van der Waals surface area contributed by atoms with Crippen LogP contribution in [0.3, 0.4) is 0 Å². The molecule has 2 atom stereocenters. The maximum absolute atomic E-state index is 5.25. The van der Waals surface area contributed by atoms with Crippen molar-refractivity contribution in [3.8, 4) is 0 Å². The summed E-state index contributed by atoms with van der Waals surface area (Å²) in [6.45, 7) is 3.03. The Balaban J connectivity index is 1.50. The van der Waals surface area contributed by atoms with Crippen molar-refractivity contribution in [2.24, 2.45) is 5.92 Å². The maximum atomic E-state index is 5.25. The molecule has 1 saturated carbocycles. The van der Waals surface area contributed by atoms with Crippen molar-refractivity contribution in [2.75, 3.05) is 11.9 Å². The molecule has 0 aliphatic heterocycles. The third kappa shape index (κ3) is 2.53. The first-order chi connectivity index (χ1) is 8.83. The molecule has 1 aliphatic rings. The summed E-state index contributed by atoms with van der Waals surface area (Å²) in [7, 11) is 0. The molecule has 0 spiro atoms. The van der Waals surface area contributed by atoms with E-state index in [1.165, 1.54) is 6.42 Å². The fourth-order valence-electron chi connectivity index (χ4n) is 2.07. The van der Waals surface area contributed by atoms with Gasteiger partial charge in [0, 0.05) is 24.6 Å². The summed E-state index contributed by atoms with van der Waals surface area (Å²) in [5.41, 5.74) is 1.12. The van der Waals surface area contributed by atoms with Crippen LogP contribution in [0, 0.1) is 5.92 Å². The van der Waals surface area contributed by atoms with Gasteiger partial charge in [0.2, 0.25) is 5.89 Å². The Morgan fingerprint density at radius 3 is 2.83 bits per heavy atom. The molecule has 18 heavy (non-hydrogen) atoms. The van der Waals surface area contributed by atoms with Gasteiger partial charge in [-0.3, -0.25) is 0 Å². The van der Waals surface area contributed by atoms with E-state index in [-0.39, 0.29) is 0 Å². The summed E-state index contributed by atoms with van der Waals surface area (Å²) in [6.07, 6.45) is 1.96. The second-order valence-corrected chi connectivity index (χ2v) is 4.91. The third-order valence-corrected chi connectivity index (χ3v) is 3.37. The highest BCUT2D eigenvalue weighted by atomic mass is 16.5. The van der Waals surface area contributed by atoms with Gasteiger partial charge in [-0.15, -0.1) is 0 Å². The van der Waals surface area contributed by atoms with Gasteiger partial charge in [-0.05, 0) is 24.5 Å². The lowest BCUT2D eigenvalue weighted by atomic mass is 10.3. The number of rotatable bonds is 5. The summed E-state index contributed by atoms with van der Waals surface area (Å²) >= 11 is 0. The van der Waals surface area contributed by atoms with Gasteiger partial charge in [0.1, 0.15) is 0 Å². The van der Waals surface area contributed by atoms with Crippen LogP contribution in [0.25, 0.3) is 0 Å². The molecule has 1 N–H and O–H groups in total. The van der Waals surface area contributed by atoms with E-state index in [9.17, 15) is 0 Å².